The average molecular weight is 169 g/mol. The standard InChI is InChI=1S/C8H11NO3/c1-3-5-12-8(11)9-6-7(10)4-2/h3-4H,1-2,5-6H2,(H,9,11). The molecule has 0 aliphatic rings. The summed E-state index contributed by atoms with van der Waals surface area (Å²) in [5, 5.41) is 2.24. The molecule has 0 rings (SSSR count). The van der Waals surface area contributed by atoms with Crippen LogP contribution in [0.15, 0.2) is 25.3 Å². The molecule has 0 heterocycles. The molecule has 0 saturated carbocycles. The monoisotopic (exact) mass is 169 g/mol. The molecule has 0 aliphatic heterocycles. The Kier molecular flexibility index (Phi) is 5.34. The van der Waals surface area contributed by atoms with Gasteiger partial charge in [-0.1, -0.05) is 19.2 Å². The van der Waals surface area contributed by atoms with Crippen LogP contribution in [0.2, 0.25) is 0 Å². The molecule has 1 amide bonds. The van der Waals surface area contributed by atoms with Crippen molar-refractivity contribution in [2.24, 2.45) is 0 Å². The molecule has 0 bridgehead atoms. The number of carbonyl (C=O) groups excluding carboxylic acids is 2. The quantitative estimate of drug-likeness (QED) is 0.485. The first-order chi connectivity index (χ1) is 5.70. The first-order valence-corrected chi connectivity index (χ1v) is 3.37. The molecule has 12 heavy (non-hydrogen) atoms. The number of carbonyl (C=O) groups is 2. The summed E-state index contributed by atoms with van der Waals surface area (Å²) in [6.07, 6.45) is 1.94. The molecular formula is C8H11NO3. The van der Waals surface area contributed by atoms with Gasteiger partial charge in [-0.25, -0.2) is 4.79 Å². The van der Waals surface area contributed by atoms with E-state index in [0.29, 0.717) is 0 Å². The fourth-order valence-electron chi connectivity index (χ4n) is 0.417. The fourth-order valence-corrected chi connectivity index (χ4v) is 0.417. The molecule has 1 N–H and O–H groups in total. The second-order valence-electron chi connectivity index (χ2n) is 1.91. The Hall–Kier alpha value is -1.58. The van der Waals surface area contributed by atoms with Crippen molar-refractivity contribution in [2.45, 2.75) is 0 Å². The molecule has 0 aromatic rings. The van der Waals surface area contributed by atoms with Crippen molar-refractivity contribution < 1.29 is 14.3 Å². The van der Waals surface area contributed by atoms with Gasteiger partial charge in [0.1, 0.15) is 6.61 Å². The maximum absolute atomic E-state index is 10.7. The van der Waals surface area contributed by atoms with Crippen LogP contribution in [0.5, 0.6) is 0 Å². The Labute approximate surface area is 70.9 Å². The molecule has 0 aliphatic carbocycles. The number of ether oxygens (including phenoxy) is 1. The van der Waals surface area contributed by atoms with Crippen LogP contribution in [-0.2, 0) is 9.53 Å². The lowest BCUT2D eigenvalue weighted by Gasteiger charge is -2.01. The van der Waals surface area contributed by atoms with Crippen LogP contribution in [0.3, 0.4) is 0 Å². The Morgan fingerprint density at radius 3 is 2.58 bits per heavy atom. The van der Waals surface area contributed by atoms with Gasteiger partial charge in [0.15, 0.2) is 5.78 Å². The highest BCUT2D eigenvalue weighted by Crippen LogP contribution is 1.78. The van der Waals surface area contributed by atoms with E-state index in [9.17, 15) is 9.59 Å². The third kappa shape index (κ3) is 5.22. The summed E-state index contributed by atoms with van der Waals surface area (Å²) in [5.74, 6) is -0.259. The summed E-state index contributed by atoms with van der Waals surface area (Å²) in [7, 11) is 0. The molecule has 0 atom stereocenters. The highest BCUT2D eigenvalue weighted by molar-refractivity contribution is 5.92. The van der Waals surface area contributed by atoms with Crippen LogP contribution in [0, 0.1) is 0 Å². The molecule has 0 fully saturated rings. The highest BCUT2D eigenvalue weighted by atomic mass is 16.5. The second-order valence-corrected chi connectivity index (χ2v) is 1.91. The number of ketones is 1. The predicted octanol–water partition coefficient (Wildman–Crippen LogP) is 0.654. The van der Waals surface area contributed by atoms with Gasteiger partial charge in [-0.15, -0.1) is 0 Å². The van der Waals surface area contributed by atoms with E-state index in [0.717, 1.165) is 6.08 Å². The van der Waals surface area contributed by atoms with Gasteiger partial charge in [-0.2, -0.15) is 0 Å². The minimum Gasteiger partial charge on any atom is -0.445 e. The van der Waals surface area contributed by atoms with Gasteiger partial charge >= 0.3 is 6.09 Å². The van der Waals surface area contributed by atoms with Crippen molar-refractivity contribution in [1.29, 1.82) is 0 Å². The zero-order chi connectivity index (χ0) is 9.40. The number of nitrogens with one attached hydrogen (secondary N) is 1. The average Bonchev–Trinajstić information content (AvgIpc) is 2.10. The van der Waals surface area contributed by atoms with Crippen molar-refractivity contribution in [2.75, 3.05) is 13.2 Å². The Bertz CT molecular complexity index is 198. The summed E-state index contributed by atoms with van der Waals surface area (Å²) < 4.78 is 4.53. The zero-order valence-electron chi connectivity index (χ0n) is 6.71. The van der Waals surface area contributed by atoms with Gasteiger partial charge in [0.25, 0.3) is 0 Å². The van der Waals surface area contributed by atoms with E-state index in [1.54, 1.807) is 0 Å². The molecule has 0 aromatic carbocycles. The normalized spacial score (nSPS) is 8.33. The summed E-state index contributed by atoms with van der Waals surface area (Å²) >= 11 is 0. The Morgan fingerprint density at radius 2 is 2.08 bits per heavy atom. The van der Waals surface area contributed by atoms with Crippen LogP contribution in [0.25, 0.3) is 0 Å². The SMILES string of the molecule is C=CCOC(=O)NCC(=O)C=C. The maximum Gasteiger partial charge on any atom is 0.407 e. The predicted molar refractivity (Wildman–Crippen MR) is 44.8 cm³/mol. The van der Waals surface area contributed by atoms with Gasteiger partial charge in [0, 0.05) is 0 Å². The van der Waals surface area contributed by atoms with E-state index in [1.165, 1.54) is 6.08 Å². The van der Waals surface area contributed by atoms with Gasteiger partial charge in [-0.3, -0.25) is 4.79 Å². The molecule has 0 spiro atoms. The first-order valence-electron chi connectivity index (χ1n) is 3.37. The minimum absolute atomic E-state index is 0.0839. The topological polar surface area (TPSA) is 55.4 Å². The lowest BCUT2D eigenvalue weighted by molar-refractivity contribution is -0.113. The number of amides is 1. The second kappa shape index (κ2) is 6.15. The van der Waals surface area contributed by atoms with Gasteiger partial charge in [-0.05, 0) is 6.08 Å². The summed E-state index contributed by atoms with van der Waals surface area (Å²) in [6.45, 7) is 6.65. The lowest BCUT2D eigenvalue weighted by Crippen LogP contribution is -2.29. The van der Waals surface area contributed by atoms with Crippen LogP contribution >= 0.6 is 0 Å². The number of rotatable bonds is 5. The van der Waals surface area contributed by atoms with Gasteiger partial charge in [0.05, 0.1) is 6.54 Å². The highest BCUT2D eigenvalue weighted by Gasteiger charge is 2.01. The van der Waals surface area contributed by atoms with Crippen molar-refractivity contribution in [3.05, 3.63) is 25.3 Å². The molecule has 0 saturated heterocycles. The van der Waals surface area contributed by atoms with Crippen molar-refractivity contribution in [3.63, 3.8) is 0 Å². The molecular weight excluding hydrogens is 158 g/mol. The van der Waals surface area contributed by atoms with E-state index in [-0.39, 0.29) is 18.9 Å². The molecule has 4 heteroatoms. The maximum atomic E-state index is 10.7. The molecule has 0 unspecified atom stereocenters. The van der Waals surface area contributed by atoms with Gasteiger partial charge in [0.2, 0.25) is 0 Å². The minimum atomic E-state index is -0.634. The van der Waals surface area contributed by atoms with Crippen molar-refractivity contribution >= 4 is 11.9 Å². The van der Waals surface area contributed by atoms with Crippen molar-refractivity contribution in [3.8, 4) is 0 Å². The molecule has 66 valence electrons. The Balaban J connectivity index is 3.49. The van der Waals surface area contributed by atoms with Crippen molar-refractivity contribution in [1.82, 2.24) is 5.32 Å². The first kappa shape index (κ1) is 10.4. The summed E-state index contributed by atoms with van der Waals surface area (Å²) in [6, 6.07) is 0. The van der Waals surface area contributed by atoms with E-state index >= 15 is 0 Å². The zero-order valence-corrected chi connectivity index (χ0v) is 6.71. The van der Waals surface area contributed by atoms with E-state index in [4.69, 9.17) is 0 Å². The number of alkyl carbamates (subject to hydrolysis) is 1. The molecule has 0 radical (unpaired) electrons. The third-order valence-electron chi connectivity index (χ3n) is 0.967. The van der Waals surface area contributed by atoms with Crippen LogP contribution in [0.1, 0.15) is 0 Å². The van der Waals surface area contributed by atoms with E-state index in [1.807, 2.05) is 0 Å². The number of hydrogen-bond donors (Lipinski definition) is 1. The smallest absolute Gasteiger partial charge is 0.407 e. The van der Waals surface area contributed by atoms with Gasteiger partial charge < -0.3 is 10.1 Å². The summed E-state index contributed by atoms with van der Waals surface area (Å²) in [4.78, 5) is 21.2. The Morgan fingerprint density at radius 1 is 1.42 bits per heavy atom. The largest absolute Gasteiger partial charge is 0.445 e. The van der Waals surface area contributed by atoms with Crippen LogP contribution < -0.4 is 5.32 Å². The molecule has 0 aromatic heterocycles. The number of hydrogen-bond acceptors (Lipinski definition) is 3. The van der Waals surface area contributed by atoms with Crippen LogP contribution in [-0.4, -0.2) is 25.0 Å². The van der Waals surface area contributed by atoms with Crippen LogP contribution in [0.4, 0.5) is 4.79 Å². The fraction of sp³-hybridized carbons (Fsp3) is 0.250. The molecule has 4 nitrogen and oxygen atoms in total. The van der Waals surface area contributed by atoms with E-state index in [2.05, 4.69) is 23.2 Å². The lowest BCUT2D eigenvalue weighted by atomic mass is 10.4. The third-order valence-corrected chi connectivity index (χ3v) is 0.967. The van der Waals surface area contributed by atoms with E-state index < -0.39 is 6.09 Å². The summed E-state index contributed by atoms with van der Waals surface area (Å²) in [5.41, 5.74) is 0.